The molecule has 1 aliphatic carbocycles. The molecule has 0 atom stereocenters. The summed E-state index contributed by atoms with van der Waals surface area (Å²) in [4.78, 5) is 11.9. The second-order valence-corrected chi connectivity index (χ2v) is 7.07. The molecule has 3 rings (SSSR count). The van der Waals surface area contributed by atoms with Crippen molar-refractivity contribution in [1.29, 1.82) is 0 Å². The molecule has 0 bridgehead atoms. The summed E-state index contributed by atoms with van der Waals surface area (Å²) in [6, 6.07) is 5.74. The number of rotatable bonds is 6. The van der Waals surface area contributed by atoms with Gasteiger partial charge in [0.1, 0.15) is 5.75 Å². The van der Waals surface area contributed by atoms with E-state index < -0.39 is 0 Å². The number of carbonyl (C=O) groups excluding carboxylic acids is 1. The van der Waals surface area contributed by atoms with E-state index in [9.17, 15) is 4.79 Å². The van der Waals surface area contributed by atoms with E-state index >= 15 is 0 Å². The van der Waals surface area contributed by atoms with Crippen molar-refractivity contribution < 1.29 is 9.53 Å². The zero-order chi connectivity index (χ0) is 16.1. The van der Waals surface area contributed by atoms with Crippen LogP contribution >= 0.6 is 24.0 Å². The van der Waals surface area contributed by atoms with Crippen molar-refractivity contribution in [1.82, 2.24) is 10.6 Å². The van der Waals surface area contributed by atoms with Crippen molar-refractivity contribution in [3.63, 3.8) is 0 Å². The Bertz CT molecular complexity index is 544. The molecule has 0 aromatic heterocycles. The first-order valence-corrected chi connectivity index (χ1v) is 9.00. The van der Waals surface area contributed by atoms with Crippen LogP contribution in [0.1, 0.15) is 43.6 Å². The fourth-order valence-corrected chi connectivity index (χ4v) is 3.51. The molecule has 1 aliphatic heterocycles. The zero-order valence-corrected chi connectivity index (χ0v) is 15.4. The Labute approximate surface area is 155 Å². The number of halogens is 2. The lowest BCUT2D eigenvalue weighted by Crippen LogP contribution is -2.48. The van der Waals surface area contributed by atoms with E-state index in [0.29, 0.717) is 11.8 Å². The largest absolute Gasteiger partial charge is 0.483 e. The summed E-state index contributed by atoms with van der Waals surface area (Å²) in [5.74, 6) is 1.82. The van der Waals surface area contributed by atoms with Crippen LogP contribution < -0.4 is 15.4 Å². The Hall–Kier alpha value is -0.970. The van der Waals surface area contributed by atoms with Crippen LogP contribution in [0.5, 0.6) is 5.75 Å². The summed E-state index contributed by atoms with van der Waals surface area (Å²) in [7, 11) is 0. The topological polar surface area (TPSA) is 50.4 Å². The third-order valence-corrected chi connectivity index (χ3v) is 5.06. The van der Waals surface area contributed by atoms with Gasteiger partial charge in [-0.05, 0) is 42.5 Å². The predicted octanol–water partition coefficient (Wildman–Crippen LogP) is 3.52. The highest BCUT2D eigenvalue weighted by molar-refractivity contribution is 6.30. The minimum absolute atomic E-state index is 0. The fraction of sp³-hybridized carbons (Fsp3) is 0.611. The number of nitrogens with one attached hydrogen (secondary N) is 2. The van der Waals surface area contributed by atoms with E-state index in [1.165, 1.54) is 32.1 Å². The van der Waals surface area contributed by atoms with Crippen LogP contribution in [0.3, 0.4) is 0 Å². The normalized spacial score (nSPS) is 18.4. The maximum atomic E-state index is 11.9. The lowest BCUT2D eigenvalue weighted by atomic mass is 9.84. The molecule has 1 aromatic rings. The average molecular weight is 373 g/mol. The van der Waals surface area contributed by atoms with E-state index in [1.807, 2.05) is 18.2 Å². The number of carbonyl (C=O) groups is 1. The van der Waals surface area contributed by atoms with Gasteiger partial charge in [0.25, 0.3) is 5.91 Å². The van der Waals surface area contributed by atoms with Gasteiger partial charge in [-0.1, -0.05) is 30.9 Å². The molecule has 2 aliphatic rings. The number of ether oxygens (including phenoxy) is 1. The number of benzene rings is 1. The molecule has 0 radical (unpaired) electrons. The van der Waals surface area contributed by atoms with Gasteiger partial charge in [0.05, 0.1) is 0 Å². The smallest absolute Gasteiger partial charge is 0.257 e. The van der Waals surface area contributed by atoms with E-state index in [4.69, 9.17) is 16.3 Å². The minimum Gasteiger partial charge on any atom is -0.483 e. The molecule has 1 saturated heterocycles. The number of hydrogen-bond acceptors (Lipinski definition) is 3. The molecule has 2 N–H and O–H groups in total. The standard InChI is InChI=1S/C18H25ClN2O2.ClH/c19-15-6-7-17(16(8-15)14-4-2-1-3-5-14)23-12-18(22)21-11-13-9-20-10-13;/h6-8,13-14,20H,1-5,9-12H2,(H,21,22);1H. The van der Waals surface area contributed by atoms with Gasteiger partial charge in [0.15, 0.2) is 6.61 Å². The van der Waals surface area contributed by atoms with Crippen LogP contribution in [0.15, 0.2) is 18.2 Å². The third kappa shape index (κ3) is 5.27. The molecular formula is C18H26Cl2N2O2. The minimum atomic E-state index is -0.0542. The molecule has 1 heterocycles. The fourth-order valence-electron chi connectivity index (χ4n) is 3.33. The summed E-state index contributed by atoms with van der Waals surface area (Å²) >= 11 is 6.16. The first kappa shape index (κ1) is 19.4. The molecule has 1 amide bonds. The number of amides is 1. The predicted molar refractivity (Wildman–Crippen MR) is 99.4 cm³/mol. The second-order valence-electron chi connectivity index (χ2n) is 6.63. The highest BCUT2D eigenvalue weighted by Gasteiger charge is 2.21. The van der Waals surface area contributed by atoms with E-state index in [0.717, 1.165) is 36.0 Å². The van der Waals surface area contributed by atoms with E-state index in [1.54, 1.807) is 0 Å². The van der Waals surface area contributed by atoms with Gasteiger partial charge in [0, 0.05) is 30.6 Å². The summed E-state index contributed by atoms with van der Waals surface area (Å²) in [5.41, 5.74) is 1.16. The molecular weight excluding hydrogens is 347 g/mol. The lowest BCUT2D eigenvalue weighted by molar-refractivity contribution is -0.123. The van der Waals surface area contributed by atoms with Gasteiger partial charge in [-0.2, -0.15) is 0 Å². The van der Waals surface area contributed by atoms with Crippen LogP contribution in [-0.4, -0.2) is 32.1 Å². The lowest BCUT2D eigenvalue weighted by Gasteiger charge is -2.27. The summed E-state index contributed by atoms with van der Waals surface area (Å²) in [6.07, 6.45) is 6.18. The van der Waals surface area contributed by atoms with Crippen LogP contribution in [0.4, 0.5) is 0 Å². The first-order chi connectivity index (χ1) is 11.2. The maximum absolute atomic E-state index is 11.9. The quantitative estimate of drug-likeness (QED) is 0.802. The summed E-state index contributed by atoms with van der Waals surface area (Å²) in [5, 5.41) is 6.87. The van der Waals surface area contributed by atoms with Crippen molar-refractivity contribution in [2.45, 2.75) is 38.0 Å². The second kappa shape index (κ2) is 9.50. The third-order valence-electron chi connectivity index (χ3n) is 4.83. The van der Waals surface area contributed by atoms with Crippen LogP contribution in [0.2, 0.25) is 5.02 Å². The molecule has 1 aromatic carbocycles. The van der Waals surface area contributed by atoms with E-state index in [2.05, 4.69) is 10.6 Å². The zero-order valence-electron chi connectivity index (χ0n) is 13.9. The van der Waals surface area contributed by atoms with Gasteiger partial charge < -0.3 is 15.4 Å². The van der Waals surface area contributed by atoms with Gasteiger partial charge in [-0.3, -0.25) is 4.79 Å². The van der Waals surface area contributed by atoms with Gasteiger partial charge in [0.2, 0.25) is 0 Å². The molecule has 134 valence electrons. The monoisotopic (exact) mass is 372 g/mol. The molecule has 6 heteroatoms. The molecule has 0 unspecified atom stereocenters. The highest BCUT2D eigenvalue weighted by Crippen LogP contribution is 2.38. The molecule has 2 fully saturated rings. The Morgan fingerprint density at radius 2 is 2.00 bits per heavy atom. The Kier molecular flexibility index (Phi) is 7.66. The van der Waals surface area contributed by atoms with Crippen LogP contribution in [0.25, 0.3) is 0 Å². The van der Waals surface area contributed by atoms with Crippen molar-refractivity contribution in [3.8, 4) is 5.75 Å². The molecule has 24 heavy (non-hydrogen) atoms. The number of hydrogen-bond donors (Lipinski definition) is 2. The SMILES string of the molecule is Cl.O=C(COc1ccc(Cl)cc1C1CCCCC1)NCC1CNC1. The Balaban J connectivity index is 0.00000208. The molecule has 1 saturated carbocycles. The maximum Gasteiger partial charge on any atom is 0.257 e. The summed E-state index contributed by atoms with van der Waals surface area (Å²) in [6.45, 7) is 2.78. The Morgan fingerprint density at radius 1 is 1.25 bits per heavy atom. The van der Waals surface area contributed by atoms with Gasteiger partial charge in [-0.15, -0.1) is 12.4 Å². The van der Waals surface area contributed by atoms with Crippen LogP contribution in [-0.2, 0) is 4.79 Å². The average Bonchev–Trinajstić information content (AvgIpc) is 2.53. The molecule has 4 nitrogen and oxygen atoms in total. The highest BCUT2D eigenvalue weighted by atomic mass is 35.5. The van der Waals surface area contributed by atoms with Crippen LogP contribution in [0, 0.1) is 5.92 Å². The molecule has 0 spiro atoms. The van der Waals surface area contributed by atoms with Gasteiger partial charge >= 0.3 is 0 Å². The van der Waals surface area contributed by atoms with Crippen molar-refractivity contribution in [2.24, 2.45) is 5.92 Å². The summed E-state index contributed by atoms with van der Waals surface area (Å²) < 4.78 is 5.80. The van der Waals surface area contributed by atoms with Gasteiger partial charge in [-0.25, -0.2) is 0 Å². The van der Waals surface area contributed by atoms with Crippen molar-refractivity contribution >= 4 is 29.9 Å². The van der Waals surface area contributed by atoms with Crippen molar-refractivity contribution in [3.05, 3.63) is 28.8 Å². The van der Waals surface area contributed by atoms with Crippen molar-refractivity contribution in [2.75, 3.05) is 26.2 Å². The first-order valence-electron chi connectivity index (χ1n) is 8.62. The Morgan fingerprint density at radius 3 is 2.67 bits per heavy atom. The van der Waals surface area contributed by atoms with E-state index in [-0.39, 0.29) is 24.9 Å².